The molecule has 0 fully saturated rings. The maximum Gasteiger partial charge on any atom is 0.257 e. The first-order chi connectivity index (χ1) is 20.6. The average molecular weight is 595 g/mol. The highest BCUT2D eigenvalue weighted by atomic mass is 32.1. The molecule has 0 unspecified atom stereocenters. The Hall–Kier alpha value is -4.69. The third-order valence-electron chi connectivity index (χ3n) is 7.01. The third kappa shape index (κ3) is 9.15. The number of nitrogens with one attached hydrogen (secondary N) is 4. The third-order valence-corrected chi connectivity index (χ3v) is 7.22. The van der Waals surface area contributed by atoms with E-state index in [2.05, 4.69) is 27.3 Å². The summed E-state index contributed by atoms with van der Waals surface area (Å²) in [6.07, 6.45) is 1.32. The normalized spacial score (nSPS) is 10.9. The minimum absolute atomic E-state index is 0.126. The van der Waals surface area contributed by atoms with Gasteiger partial charge in [-0.2, -0.15) is 0 Å². The summed E-state index contributed by atoms with van der Waals surface area (Å²) in [7, 11) is 0. The monoisotopic (exact) mass is 594 g/mol. The van der Waals surface area contributed by atoms with Gasteiger partial charge in [-0.3, -0.25) is 9.59 Å². The van der Waals surface area contributed by atoms with Crippen LogP contribution in [0.3, 0.4) is 0 Å². The Bertz CT molecular complexity index is 1570. The van der Waals surface area contributed by atoms with Crippen molar-refractivity contribution in [2.45, 2.75) is 40.5 Å². The van der Waals surface area contributed by atoms with Crippen molar-refractivity contribution in [1.82, 2.24) is 5.32 Å². The molecule has 0 saturated carbocycles. The molecule has 0 aliphatic rings. The first-order valence-corrected chi connectivity index (χ1v) is 14.7. The molecule has 0 radical (unpaired) electrons. The van der Waals surface area contributed by atoms with Crippen LogP contribution >= 0.6 is 12.2 Å². The zero-order chi connectivity index (χ0) is 30.8. The number of carbonyl (C=O) groups excluding carboxylic acids is 2. The van der Waals surface area contributed by atoms with Gasteiger partial charge in [0.2, 0.25) is 5.91 Å². The molecule has 222 valence electrons. The van der Waals surface area contributed by atoms with Gasteiger partial charge in [0.1, 0.15) is 5.75 Å². The number of rotatable bonds is 11. The van der Waals surface area contributed by atoms with E-state index in [0.717, 1.165) is 28.3 Å². The highest BCUT2D eigenvalue weighted by Crippen LogP contribution is 2.25. The highest BCUT2D eigenvalue weighted by molar-refractivity contribution is 7.80. The van der Waals surface area contributed by atoms with Crippen molar-refractivity contribution in [3.8, 4) is 5.75 Å². The van der Waals surface area contributed by atoms with E-state index >= 15 is 0 Å². The quantitative estimate of drug-likeness (QED) is 0.104. The first kappa shape index (κ1) is 31.3. The van der Waals surface area contributed by atoms with E-state index in [0.29, 0.717) is 36.4 Å². The number of anilines is 4. The van der Waals surface area contributed by atoms with Crippen LogP contribution in [0.5, 0.6) is 5.75 Å². The molecule has 0 aromatic heterocycles. The summed E-state index contributed by atoms with van der Waals surface area (Å²) in [5, 5.41) is 12.2. The van der Waals surface area contributed by atoms with Gasteiger partial charge in [0.25, 0.3) is 5.91 Å². The molecule has 0 saturated heterocycles. The van der Waals surface area contributed by atoms with Gasteiger partial charge < -0.3 is 26.0 Å². The fourth-order valence-electron chi connectivity index (χ4n) is 4.41. The Morgan fingerprint density at radius 1 is 0.791 bits per heavy atom. The summed E-state index contributed by atoms with van der Waals surface area (Å²) >= 11 is 5.44. The van der Waals surface area contributed by atoms with Gasteiger partial charge in [0.15, 0.2) is 5.11 Å². The van der Waals surface area contributed by atoms with Crippen molar-refractivity contribution >= 4 is 51.9 Å². The minimum Gasteiger partial charge on any atom is -0.493 e. The fourth-order valence-corrected chi connectivity index (χ4v) is 4.61. The summed E-state index contributed by atoms with van der Waals surface area (Å²) in [6.45, 7) is 8.32. The standard InChI is InChI=1S/C35H38N4O3S/c1-24-15-16-25(2)31(23-24)42-22-10-21-35(3,4)33(41)39-34(43)38-30-14-9-8-13-29(30)32(40)37-28-19-17-27(18-20-28)36-26-11-6-5-7-12-26/h5-9,11-20,23,36H,10,21-22H2,1-4H3,(H,37,40)(H2,38,39,41,43). The van der Waals surface area contributed by atoms with Crippen LogP contribution in [0.15, 0.2) is 97.1 Å². The number of para-hydroxylation sites is 2. The van der Waals surface area contributed by atoms with Crippen molar-refractivity contribution in [2.75, 3.05) is 22.6 Å². The lowest BCUT2D eigenvalue weighted by atomic mass is 9.87. The van der Waals surface area contributed by atoms with Crippen molar-refractivity contribution in [3.05, 3.63) is 114 Å². The predicted molar refractivity (Wildman–Crippen MR) is 179 cm³/mol. The van der Waals surface area contributed by atoms with Crippen LogP contribution in [0, 0.1) is 19.3 Å². The summed E-state index contributed by atoms with van der Waals surface area (Å²) in [5.41, 5.74) is 4.98. The molecule has 4 aromatic carbocycles. The molecular weight excluding hydrogens is 556 g/mol. The molecule has 0 bridgehead atoms. The summed E-state index contributed by atoms with van der Waals surface area (Å²) in [5.74, 6) is 0.362. The Morgan fingerprint density at radius 2 is 1.44 bits per heavy atom. The summed E-state index contributed by atoms with van der Waals surface area (Å²) < 4.78 is 5.95. The Balaban J connectivity index is 1.28. The van der Waals surface area contributed by atoms with E-state index in [1.807, 2.05) is 94.4 Å². The van der Waals surface area contributed by atoms with E-state index in [1.165, 1.54) is 0 Å². The second-order valence-corrected chi connectivity index (χ2v) is 11.5. The number of carbonyl (C=O) groups is 2. The molecule has 7 nitrogen and oxygen atoms in total. The number of ether oxygens (including phenoxy) is 1. The molecule has 0 heterocycles. The van der Waals surface area contributed by atoms with Crippen molar-refractivity contribution < 1.29 is 14.3 Å². The molecule has 4 rings (SSSR count). The molecule has 43 heavy (non-hydrogen) atoms. The molecule has 8 heteroatoms. The molecule has 0 atom stereocenters. The SMILES string of the molecule is Cc1ccc(C)c(OCCCC(C)(C)C(=O)NC(=S)Nc2ccccc2C(=O)Nc2ccc(Nc3ccccc3)cc2)c1. The van der Waals surface area contributed by atoms with E-state index < -0.39 is 5.41 Å². The second kappa shape index (κ2) is 14.5. The van der Waals surface area contributed by atoms with Crippen molar-refractivity contribution in [3.63, 3.8) is 0 Å². The maximum atomic E-state index is 13.2. The molecule has 4 N–H and O–H groups in total. The second-order valence-electron chi connectivity index (χ2n) is 11.1. The minimum atomic E-state index is -0.671. The van der Waals surface area contributed by atoms with Crippen LogP contribution in [-0.2, 0) is 4.79 Å². The topological polar surface area (TPSA) is 91.5 Å². The summed E-state index contributed by atoms with van der Waals surface area (Å²) in [6, 6.07) is 30.5. The Kier molecular flexibility index (Phi) is 10.5. The van der Waals surface area contributed by atoms with Crippen LogP contribution < -0.4 is 26.0 Å². The number of aryl methyl sites for hydroxylation is 2. The number of hydrogen-bond donors (Lipinski definition) is 4. The zero-order valence-electron chi connectivity index (χ0n) is 25.0. The van der Waals surface area contributed by atoms with Gasteiger partial charge in [-0.15, -0.1) is 0 Å². The molecule has 4 aromatic rings. The van der Waals surface area contributed by atoms with Gasteiger partial charge in [-0.25, -0.2) is 0 Å². The maximum absolute atomic E-state index is 13.2. The molecular formula is C35H38N4O3S. The lowest BCUT2D eigenvalue weighted by Gasteiger charge is -2.24. The molecule has 0 spiro atoms. The van der Waals surface area contributed by atoms with Crippen molar-refractivity contribution in [1.29, 1.82) is 0 Å². The lowest BCUT2D eigenvalue weighted by molar-refractivity contribution is -0.128. The smallest absolute Gasteiger partial charge is 0.257 e. The van der Waals surface area contributed by atoms with Gasteiger partial charge in [-0.05, 0) is 105 Å². The predicted octanol–water partition coefficient (Wildman–Crippen LogP) is 8.00. The lowest BCUT2D eigenvalue weighted by Crippen LogP contribution is -2.42. The van der Waals surface area contributed by atoms with Crippen LogP contribution in [0.1, 0.15) is 48.2 Å². The van der Waals surface area contributed by atoms with Gasteiger partial charge in [0.05, 0.1) is 17.9 Å². The van der Waals surface area contributed by atoms with Crippen LogP contribution in [0.4, 0.5) is 22.7 Å². The van der Waals surface area contributed by atoms with Gasteiger partial charge in [-0.1, -0.05) is 56.3 Å². The Labute approximate surface area is 259 Å². The largest absolute Gasteiger partial charge is 0.493 e. The number of benzene rings is 4. The summed E-state index contributed by atoms with van der Waals surface area (Å²) in [4.78, 5) is 26.2. The molecule has 2 amide bonds. The highest BCUT2D eigenvalue weighted by Gasteiger charge is 2.28. The number of thiocarbonyl (C=S) groups is 1. The number of amides is 2. The average Bonchev–Trinajstić information content (AvgIpc) is 2.98. The first-order valence-electron chi connectivity index (χ1n) is 14.3. The fraction of sp³-hybridized carbons (Fsp3) is 0.229. The van der Waals surface area contributed by atoms with Crippen LogP contribution in [-0.4, -0.2) is 23.5 Å². The van der Waals surface area contributed by atoms with E-state index in [9.17, 15) is 9.59 Å². The van der Waals surface area contributed by atoms with Crippen LogP contribution in [0.25, 0.3) is 0 Å². The Morgan fingerprint density at radius 3 is 2.19 bits per heavy atom. The van der Waals surface area contributed by atoms with E-state index in [1.54, 1.807) is 24.3 Å². The van der Waals surface area contributed by atoms with E-state index in [-0.39, 0.29) is 16.9 Å². The zero-order valence-corrected chi connectivity index (χ0v) is 25.8. The van der Waals surface area contributed by atoms with Crippen LogP contribution in [0.2, 0.25) is 0 Å². The van der Waals surface area contributed by atoms with Crippen molar-refractivity contribution in [2.24, 2.45) is 5.41 Å². The van der Waals surface area contributed by atoms with Gasteiger partial charge >= 0.3 is 0 Å². The molecule has 0 aliphatic heterocycles. The van der Waals surface area contributed by atoms with E-state index in [4.69, 9.17) is 17.0 Å². The number of hydrogen-bond acceptors (Lipinski definition) is 5. The van der Waals surface area contributed by atoms with Gasteiger partial charge in [0, 0.05) is 22.5 Å². The molecule has 0 aliphatic carbocycles.